The van der Waals surface area contributed by atoms with Crippen LogP contribution in [0, 0.1) is 13.8 Å². The molecule has 114 valence electrons. The summed E-state index contributed by atoms with van der Waals surface area (Å²) in [6, 6.07) is 11.3. The zero-order chi connectivity index (χ0) is 16.1. The van der Waals surface area contributed by atoms with Gasteiger partial charge in [0.25, 0.3) is 0 Å². The normalized spacial score (nSPS) is 10.7. The van der Waals surface area contributed by atoms with Gasteiger partial charge in [0.2, 0.25) is 0 Å². The average Bonchev–Trinajstić information content (AvgIpc) is 2.54. The fourth-order valence-electron chi connectivity index (χ4n) is 2.12. The van der Waals surface area contributed by atoms with Crippen LogP contribution < -0.4 is 9.47 Å². The maximum atomic E-state index is 12.2. The summed E-state index contributed by atoms with van der Waals surface area (Å²) < 4.78 is 10.4. The second-order valence-electron chi connectivity index (χ2n) is 5.11. The lowest BCUT2D eigenvalue weighted by Crippen LogP contribution is -1.96. The number of allylic oxidation sites excluding steroid dienone is 1. The molecule has 0 amide bonds. The standard InChI is InChI=1S/C19H20O3/c1-13-5-8-16(11-14(13)2)17(20)9-6-15-7-10-18(21-3)19(12-15)22-4/h5-12H,1-4H3/b9-6+. The number of carbonyl (C=O) groups excluding carboxylic acids is 1. The van der Waals surface area contributed by atoms with Gasteiger partial charge in [0.1, 0.15) is 0 Å². The van der Waals surface area contributed by atoms with Crippen molar-refractivity contribution in [3.05, 3.63) is 64.7 Å². The van der Waals surface area contributed by atoms with Crippen molar-refractivity contribution in [1.82, 2.24) is 0 Å². The number of rotatable bonds is 5. The van der Waals surface area contributed by atoms with Crippen molar-refractivity contribution in [1.29, 1.82) is 0 Å². The maximum absolute atomic E-state index is 12.2. The van der Waals surface area contributed by atoms with E-state index in [9.17, 15) is 4.79 Å². The summed E-state index contributed by atoms with van der Waals surface area (Å²) in [5.41, 5.74) is 3.88. The smallest absolute Gasteiger partial charge is 0.185 e. The molecule has 22 heavy (non-hydrogen) atoms. The number of hydrogen-bond donors (Lipinski definition) is 0. The summed E-state index contributed by atoms with van der Waals surface area (Å²) in [5.74, 6) is 1.29. The minimum atomic E-state index is -0.0158. The van der Waals surface area contributed by atoms with E-state index in [0.717, 1.165) is 11.1 Å². The Balaban J connectivity index is 2.20. The topological polar surface area (TPSA) is 35.5 Å². The summed E-state index contributed by atoms with van der Waals surface area (Å²) in [6.45, 7) is 4.03. The fourth-order valence-corrected chi connectivity index (χ4v) is 2.12. The van der Waals surface area contributed by atoms with E-state index in [2.05, 4.69) is 0 Å². The summed E-state index contributed by atoms with van der Waals surface area (Å²) in [6.07, 6.45) is 3.35. The van der Waals surface area contributed by atoms with Gasteiger partial charge < -0.3 is 9.47 Å². The van der Waals surface area contributed by atoms with Gasteiger partial charge in [0, 0.05) is 5.56 Å². The van der Waals surface area contributed by atoms with Gasteiger partial charge in [-0.25, -0.2) is 0 Å². The highest BCUT2D eigenvalue weighted by Crippen LogP contribution is 2.28. The van der Waals surface area contributed by atoms with Gasteiger partial charge in [0.05, 0.1) is 14.2 Å². The zero-order valence-electron chi connectivity index (χ0n) is 13.3. The molecule has 0 aliphatic rings. The van der Waals surface area contributed by atoms with Crippen molar-refractivity contribution in [2.24, 2.45) is 0 Å². The van der Waals surface area contributed by atoms with Crippen molar-refractivity contribution >= 4 is 11.9 Å². The molecule has 0 saturated heterocycles. The molecular weight excluding hydrogens is 276 g/mol. The van der Waals surface area contributed by atoms with Crippen molar-refractivity contribution < 1.29 is 14.3 Å². The molecule has 0 radical (unpaired) electrons. The average molecular weight is 296 g/mol. The lowest BCUT2D eigenvalue weighted by Gasteiger charge is -2.07. The lowest BCUT2D eigenvalue weighted by atomic mass is 10.0. The fraction of sp³-hybridized carbons (Fsp3) is 0.211. The van der Waals surface area contributed by atoms with Crippen LogP contribution in [0.2, 0.25) is 0 Å². The van der Waals surface area contributed by atoms with Gasteiger partial charge in [-0.1, -0.05) is 24.3 Å². The molecule has 2 aromatic rings. The van der Waals surface area contributed by atoms with Gasteiger partial charge in [0.15, 0.2) is 17.3 Å². The molecule has 0 aliphatic heterocycles. The van der Waals surface area contributed by atoms with E-state index in [1.165, 1.54) is 5.56 Å². The second kappa shape index (κ2) is 6.94. The van der Waals surface area contributed by atoms with E-state index in [1.807, 2.05) is 50.2 Å². The highest BCUT2D eigenvalue weighted by molar-refractivity contribution is 6.07. The number of hydrogen-bond acceptors (Lipinski definition) is 3. The summed E-state index contributed by atoms with van der Waals surface area (Å²) in [5, 5.41) is 0. The van der Waals surface area contributed by atoms with Gasteiger partial charge in [-0.15, -0.1) is 0 Å². The molecule has 2 aromatic carbocycles. The molecule has 3 heteroatoms. The monoisotopic (exact) mass is 296 g/mol. The molecular formula is C19H20O3. The molecule has 0 heterocycles. The largest absolute Gasteiger partial charge is 0.493 e. The summed E-state index contributed by atoms with van der Waals surface area (Å²) in [4.78, 5) is 12.2. The van der Waals surface area contributed by atoms with Crippen LogP contribution in [-0.2, 0) is 0 Å². The van der Waals surface area contributed by atoms with Crippen LogP contribution in [0.1, 0.15) is 27.0 Å². The van der Waals surface area contributed by atoms with Crippen molar-refractivity contribution in [3.63, 3.8) is 0 Å². The Labute approximate surface area is 131 Å². The first-order chi connectivity index (χ1) is 10.5. The Bertz CT molecular complexity index is 715. The zero-order valence-corrected chi connectivity index (χ0v) is 13.3. The SMILES string of the molecule is COc1ccc(/C=C/C(=O)c2ccc(C)c(C)c2)cc1OC. The maximum Gasteiger partial charge on any atom is 0.185 e. The Morgan fingerprint density at radius 1 is 0.909 bits per heavy atom. The highest BCUT2D eigenvalue weighted by atomic mass is 16.5. The molecule has 0 spiro atoms. The van der Waals surface area contributed by atoms with Crippen LogP contribution in [-0.4, -0.2) is 20.0 Å². The number of aryl methyl sites for hydroxylation is 2. The number of ether oxygens (including phenoxy) is 2. The third-order valence-electron chi connectivity index (χ3n) is 3.63. The Morgan fingerprint density at radius 2 is 1.64 bits per heavy atom. The van der Waals surface area contributed by atoms with E-state index in [1.54, 1.807) is 26.4 Å². The second-order valence-corrected chi connectivity index (χ2v) is 5.11. The molecule has 0 N–H and O–H groups in total. The quantitative estimate of drug-likeness (QED) is 0.612. The number of methoxy groups -OCH3 is 2. The van der Waals surface area contributed by atoms with Crippen LogP contribution in [0.4, 0.5) is 0 Å². The molecule has 0 atom stereocenters. The predicted octanol–water partition coefficient (Wildman–Crippen LogP) is 4.22. The highest BCUT2D eigenvalue weighted by Gasteiger charge is 2.05. The first-order valence-electron chi connectivity index (χ1n) is 7.07. The van der Waals surface area contributed by atoms with Crippen LogP contribution >= 0.6 is 0 Å². The molecule has 0 saturated carbocycles. The summed E-state index contributed by atoms with van der Waals surface area (Å²) in [7, 11) is 3.18. The van der Waals surface area contributed by atoms with Crippen molar-refractivity contribution in [2.45, 2.75) is 13.8 Å². The Morgan fingerprint density at radius 3 is 2.27 bits per heavy atom. The van der Waals surface area contributed by atoms with E-state index < -0.39 is 0 Å². The predicted molar refractivity (Wildman–Crippen MR) is 88.8 cm³/mol. The molecule has 3 nitrogen and oxygen atoms in total. The number of carbonyl (C=O) groups is 1. The minimum Gasteiger partial charge on any atom is -0.493 e. The van der Waals surface area contributed by atoms with E-state index in [4.69, 9.17) is 9.47 Å². The van der Waals surface area contributed by atoms with Crippen LogP contribution in [0.3, 0.4) is 0 Å². The van der Waals surface area contributed by atoms with Gasteiger partial charge in [-0.2, -0.15) is 0 Å². The van der Waals surface area contributed by atoms with Crippen LogP contribution in [0.25, 0.3) is 6.08 Å². The van der Waals surface area contributed by atoms with Gasteiger partial charge >= 0.3 is 0 Å². The molecule has 0 aliphatic carbocycles. The molecule has 0 aromatic heterocycles. The number of benzene rings is 2. The van der Waals surface area contributed by atoms with E-state index >= 15 is 0 Å². The first-order valence-corrected chi connectivity index (χ1v) is 7.07. The first kappa shape index (κ1) is 15.8. The van der Waals surface area contributed by atoms with Gasteiger partial charge in [-0.3, -0.25) is 4.79 Å². The molecule has 2 rings (SSSR count). The van der Waals surface area contributed by atoms with E-state index in [-0.39, 0.29) is 5.78 Å². The Hall–Kier alpha value is -2.55. The third-order valence-corrected chi connectivity index (χ3v) is 3.63. The summed E-state index contributed by atoms with van der Waals surface area (Å²) >= 11 is 0. The van der Waals surface area contributed by atoms with Crippen LogP contribution in [0.15, 0.2) is 42.5 Å². The lowest BCUT2D eigenvalue weighted by molar-refractivity contribution is 0.104. The number of ketones is 1. The van der Waals surface area contributed by atoms with Crippen LogP contribution in [0.5, 0.6) is 11.5 Å². The minimum absolute atomic E-state index is 0.0158. The van der Waals surface area contributed by atoms with E-state index in [0.29, 0.717) is 17.1 Å². The third kappa shape index (κ3) is 3.55. The molecule has 0 fully saturated rings. The van der Waals surface area contributed by atoms with Crippen molar-refractivity contribution in [3.8, 4) is 11.5 Å². The Kier molecular flexibility index (Phi) is 4.99. The molecule has 0 bridgehead atoms. The van der Waals surface area contributed by atoms with Gasteiger partial charge in [-0.05, 0) is 54.8 Å². The van der Waals surface area contributed by atoms with Crippen molar-refractivity contribution in [2.75, 3.05) is 14.2 Å². The molecule has 0 unspecified atom stereocenters.